The second-order valence-electron chi connectivity index (χ2n) is 6.24. The number of thiophene rings is 1. The molecule has 0 atom stereocenters. The zero-order chi connectivity index (χ0) is 20.2. The highest BCUT2D eigenvalue weighted by Gasteiger charge is 2.18. The minimum absolute atomic E-state index is 0.177. The van der Waals surface area contributed by atoms with Crippen LogP contribution < -0.4 is 15.6 Å². The summed E-state index contributed by atoms with van der Waals surface area (Å²) in [6.07, 6.45) is 3.55. The van der Waals surface area contributed by atoms with E-state index in [2.05, 4.69) is 20.5 Å². The highest BCUT2D eigenvalue weighted by atomic mass is 32.1. The number of amides is 1. The number of rotatable bonds is 6. The number of hydrogen-bond donors (Lipinski definition) is 3. The molecule has 0 saturated heterocycles. The van der Waals surface area contributed by atoms with Crippen molar-refractivity contribution >= 4 is 40.3 Å². The van der Waals surface area contributed by atoms with Gasteiger partial charge in [0.05, 0.1) is 35.8 Å². The van der Waals surface area contributed by atoms with Gasteiger partial charge in [-0.25, -0.2) is 0 Å². The SMILES string of the molecule is COc1c(C(=O)NCc2cccs2)ccc2n[nH]c(C=Cc3cccc(=O)[nH]3)c12. The van der Waals surface area contributed by atoms with E-state index in [0.717, 1.165) is 4.88 Å². The Hall–Kier alpha value is -3.65. The molecule has 146 valence electrons. The summed E-state index contributed by atoms with van der Waals surface area (Å²) in [6.45, 7) is 0.456. The number of pyridine rings is 1. The number of benzene rings is 1. The molecule has 1 aromatic carbocycles. The maximum Gasteiger partial charge on any atom is 0.255 e. The van der Waals surface area contributed by atoms with Crippen LogP contribution in [0.1, 0.15) is 26.6 Å². The van der Waals surface area contributed by atoms with E-state index in [-0.39, 0.29) is 11.5 Å². The van der Waals surface area contributed by atoms with Gasteiger partial charge in [0.25, 0.3) is 5.91 Å². The van der Waals surface area contributed by atoms with Crippen LogP contribution in [0.3, 0.4) is 0 Å². The van der Waals surface area contributed by atoms with Gasteiger partial charge in [-0.1, -0.05) is 12.1 Å². The molecule has 0 saturated carbocycles. The molecule has 0 aliphatic carbocycles. The van der Waals surface area contributed by atoms with Crippen molar-refractivity contribution in [2.45, 2.75) is 6.54 Å². The summed E-state index contributed by atoms with van der Waals surface area (Å²) < 4.78 is 5.58. The van der Waals surface area contributed by atoms with E-state index in [1.165, 1.54) is 13.2 Å². The molecule has 0 bridgehead atoms. The Morgan fingerprint density at radius 3 is 2.86 bits per heavy atom. The fourth-order valence-electron chi connectivity index (χ4n) is 3.02. The molecule has 0 spiro atoms. The van der Waals surface area contributed by atoms with E-state index in [0.29, 0.717) is 40.1 Å². The number of nitrogens with zero attached hydrogens (tertiary/aromatic N) is 1. The number of aromatic amines is 2. The first-order valence-electron chi connectivity index (χ1n) is 8.89. The topological polar surface area (TPSA) is 99.9 Å². The maximum atomic E-state index is 12.7. The van der Waals surface area contributed by atoms with Gasteiger partial charge in [-0.3, -0.25) is 14.7 Å². The Morgan fingerprint density at radius 1 is 1.21 bits per heavy atom. The van der Waals surface area contributed by atoms with Crippen LogP contribution in [0.25, 0.3) is 23.1 Å². The molecule has 0 aliphatic heterocycles. The first-order valence-corrected chi connectivity index (χ1v) is 9.77. The summed E-state index contributed by atoms with van der Waals surface area (Å²) in [4.78, 5) is 28.0. The van der Waals surface area contributed by atoms with E-state index in [9.17, 15) is 9.59 Å². The monoisotopic (exact) mass is 406 g/mol. The number of H-pyrrole nitrogens is 2. The minimum Gasteiger partial charge on any atom is -0.495 e. The summed E-state index contributed by atoms with van der Waals surface area (Å²) in [5.41, 5.74) is 2.26. The van der Waals surface area contributed by atoms with Crippen molar-refractivity contribution in [2.24, 2.45) is 0 Å². The van der Waals surface area contributed by atoms with Crippen LogP contribution in [0.4, 0.5) is 0 Å². The van der Waals surface area contributed by atoms with Crippen LogP contribution in [-0.4, -0.2) is 28.2 Å². The normalized spacial score (nSPS) is 11.2. The number of methoxy groups -OCH3 is 1. The van der Waals surface area contributed by atoms with Crippen molar-refractivity contribution in [1.29, 1.82) is 0 Å². The number of carbonyl (C=O) groups excluding carboxylic acids is 1. The highest BCUT2D eigenvalue weighted by molar-refractivity contribution is 7.09. The predicted octanol–water partition coefficient (Wildman–Crippen LogP) is 3.42. The number of nitrogens with one attached hydrogen (secondary N) is 3. The van der Waals surface area contributed by atoms with Crippen LogP contribution in [0.15, 0.2) is 52.6 Å². The van der Waals surface area contributed by atoms with Gasteiger partial charge < -0.3 is 15.0 Å². The average Bonchev–Trinajstić information content (AvgIpc) is 3.39. The molecule has 1 amide bonds. The molecule has 0 radical (unpaired) electrons. The Morgan fingerprint density at radius 2 is 2.10 bits per heavy atom. The molecule has 0 unspecified atom stereocenters. The van der Waals surface area contributed by atoms with Gasteiger partial charge in [0.2, 0.25) is 5.56 Å². The van der Waals surface area contributed by atoms with Crippen LogP contribution in [0.5, 0.6) is 5.75 Å². The Bertz CT molecular complexity index is 1240. The fraction of sp³-hybridized carbons (Fsp3) is 0.0952. The summed E-state index contributed by atoms with van der Waals surface area (Å²) in [5.74, 6) is 0.224. The van der Waals surface area contributed by atoms with Crippen LogP contribution in [-0.2, 0) is 6.54 Å². The van der Waals surface area contributed by atoms with Gasteiger partial charge in [0, 0.05) is 16.6 Å². The summed E-state index contributed by atoms with van der Waals surface area (Å²) in [6, 6.07) is 12.3. The van der Waals surface area contributed by atoms with E-state index in [4.69, 9.17) is 4.74 Å². The lowest BCUT2D eigenvalue weighted by Gasteiger charge is -2.10. The summed E-state index contributed by atoms with van der Waals surface area (Å²) >= 11 is 1.59. The van der Waals surface area contributed by atoms with Crippen molar-refractivity contribution < 1.29 is 9.53 Å². The van der Waals surface area contributed by atoms with Gasteiger partial charge in [0.15, 0.2) is 0 Å². The molecule has 29 heavy (non-hydrogen) atoms. The summed E-state index contributed by atoms with van der Waals surface area (Å²) in [5, 5.41) is 12.8. The molecule has 3 heterocycles. The van der Waals surface area contributed by atoms with E-state index >= 15 is 0 Å². The number of ether oxygens (including phenoxy) is 1. The van der Waals surface area contributed by atoms with Gasteiger partial charge in [-0.05, 0) is 41.8 Å². The number of aromatic nitrogens is 3. The summed E-state index contributed by atoms with van der Waals surface area (Å²) in [7, 11) is 1.53. The lowest BCUT2D eigenvalue weighted by Crippen LogP contribution is -2.22. The number of carbonyl (C=O) groups is 1. The number of fused-ring (bicyclic) bond motifs is 1. The third-order valence-electron chi connectivity index (χ3n) is 4.37. The molecular formula is C21H18N4O3S. The van der Waals surface area contributed by atoms with E-state index in [1.807, 2.05) is 17.5 Å². The zero-order valence-electron chi connectivity index (χ0n) is 15.6. The highest BCUT2D eigenvalue weighted by Crippen LogP contribution is 2.32. The molecule has 0 fully saturated rings. The van der Waals surface area contributed by atoms with Crippen molar-refractivity contribution in [3.63, 3.8) is 0 Å². The van der Waals surface area contributed by atoms with Crippen LogP contribution in [0, 0.1) is 0 Å². The molecule has 3 aromatic heterocycles. The third kappa shape index (κ3) is 3.97. The first-order chi connectivity index (χ1) is 14.2. The largest absolute Gasteiger partial charge is 0.495 e. The Labute approximate surface area is 170 Å². The van der Waals surface area contributed by atoms with Gasteiger partial charge in [-0.2, -0.15) is 5.10 Å². The smallest absolute Gasteiger partial charge is 0.255 e. The lowest BCUT2D eigenvalue weighted by molar-refractivity contribution is 0.0948. The Balaban J connectivity index is 1.67. The lowest BCUT2D eigenvalue weighted by atomic mass is 10.1. The van der Waals surface area contributed by atoms with Crippen molar-refractivity contribution in [3.8, 4) is 5.75 Å². The molecule has 4 aromatic rings. The second-order valence-corrected chi connectivity index (χ2v) is 7.28. The van der Waals surface area contributed by atoms with Crippen molar-refractivity contribution in [1.82, 2.24) is 20.5 Å². The first kappa shape index (κ1) is 18.7. The number of hydrogen-bond acceptors (Lipinski definition) is 5. The minimum atomic E-state index is -0.222. The van der Waals surface area contributed by atoms with Crippen molar-refractivity contribution in [3.05, 3.63) is 80.0 Å². The van der Waals surface area contributed by atoms with Crippen molar-refractivity contribution in [2.75, 3.05) is 7.11 Å². The van der Waals surface area contributed by atoms with E-state index in [1.54, 1.807) is 47.8 Å². The van der Waals surface area contributed by atoms with Gasteiger partial charge in [-0.15, -0.1) is 11.3 Å². The van der Waals surface area contributed by atoms with Crippen LogP contribution in [0.2, 0.25) is 0 Å². The third-order valence-corrected chi connectivity index (χ3v) is 5.25. The molecule has 7 nitrogen and oxygen atoms in total. The predicted molar refractivity (Wildman–Crippen MR) is 114 cm³/mol. The fourth-order valence-corrected chi connectivity index (χ4v) is 3.67. The zero-order valence-corrected chi connectivity index (χ0v) is 16.4. The van der Waals surface area contributed by atoms with Gasteiger partial charge in [0.1, 0.15) is 5.75 Å². The maximum absolute atomic E-state index is 12.7. The second kappa shape index (κ2) is 8.15. The molecule has 8 heteroatoms. The van der Waals surface area contributed by atoms with Crippen LogP contribution >= 0.6 is 11.3 Å². The van der Waals surface area contributed by atoms with Gasteiger partial charge >= 0.3 is 0 Å². The molecular weight excluding hydrogens is 388 g/mol. The molecule has 4 rings (SSSR count). The van der Waals surface area contributed by atoms with E-state index < -0.39 is 0 Å². The molecule has 0 aliphatic rings. The standard InChI is InChI=1S/C21H18N4O3S/c1-28-20-15(21(27)22-12-14-5-3-11-29-14)8-10-17-19(20)16(24-25-17)9-7-13-4-2-6-18(26)23-13/h2-11H,12H2,1H3,(H,22,27)(H,23,26)(H,24,25). The average molecular weight is 406 g/mol. The quantitative estimate of drug-likeness (QED) is 0.457. The molecule has 3 N–H and O–H groups in total. The Kier molecular flexibility index (Phi) is 5.26.